The van der Waals surface area contributed by atoms with Crippen LogP contribution in [0.25, 0.3) is 11.0 Å². The highest BCUT2D eigenvalue weighted by Crippen LogP contribution is 2.31. The molecule has 158 valence electrons. The molecule has 4 aromatic rings. The Labute approximate surface area is 172 Å². The molecule has 10 heteroatoms. The Bertz CT molecular complexity index is 1310. The molecule has 0 bridgehead atoms. The molecule has 0 radical (unpaired) electrons. The molecular formula is C21H14F4N4O2. The molecule has 0 aliphatic heterocycles. The molecule has 3 N–H and O–H groups in total. The molecular weight excluding hydrogens is 416 g/mol. The molecule has 4 rings (SSSR count). The number of aromatic amines is 2. The third-order valence-corrected chi connectivity index (χ3v) is 4.69. The van der Waals surface area contributed by atoms with Gasteiger partial charge in [0.15, 0.2) is 0 Å². The molecule has 0 aliphatic carbocycles. The number of imidazole rings is 1. The fourth-order valence-corrected chi connectivity index (χ4v) is 3.17. The summed E-state index contributed by atoms with van der Waals surface area (Å²) in [6.07, 6.45) is -3.21. The molecule has 0 saturated heterocycles. The van der Waals surface area contributed by atoms with Crippen molar-refractivity contribution in [2.24, 2.45) is 0 Å². The van der Waals surface area contributed by atoms with Gasteiger partial charge in [0.25, 0.3) is 5.91 Å². The number of amides is 1. The lowest BCUT2D eigenvalue weighted by molar-refractivity contribution is -0.137. The second-order valence-electron chi connectivity index (χ2n) is 6.74. The molecule has 1 atom stereocenters. The summed E-state index contributed by atoms with van der Waals surface area (Å²) >= 11 is 0. The smallest absolute Gasteiger partial charge is 0.339 e. The number of pyridine rings is 1. The van der Waals surface area contributed by atoms with E-state index >= 15 is 0 Å². The van der Waals surface area contributed by atoms with Crippen molar-refractivity contribution in [2.45, 2.75) is 12.2 Å². The van der Waals surface area contributed by atoms with Gasteiger partial charge in [0.2, 0.25) is 0 Å². The first-order chi connectivity index (χ1) is 14.7. The predicted molar refractivity (Wildman–Crippen MR) is 104 cm³/mol. The second-order valence-corrected chi connectivity index (χ2v) is 6.74. The van der Waals surface area contributed by atoms with Crippen molar-refractivity contribution in [3.05, 3.63) is 99.5 Å². The Morgan fingerprint density at radius 3 is 2.39 bits per heavy atom. The lowest BCUT2D eigenvalue weighted by atomic mass is 10.00. The summed E-state index contributed by atoms with van der Waals surface area (Å²) in [5.41, 5.74) is -0.183. The van der Waals surface area contributed by atoms with Crippen molar-refractivity contribution >= 4 is 16.9 Å². The van der Waals surface area contributed by atoms with E-state index in [9.17, 15) is 27.2 Å². The Morgan fingerprint density at radius 1 is 1.00 bits per heavy atom. The number of benzene rings is 2. The summed E-state index contributed by atoms with van der Waals surface area (Å²) in [4.78, 5) is 33.3. The van der Waals surface area contributed by atoms with Crippen molar-refractivity contribution in [2.75, 3.05) is 0 Å². The summed E-state index contributed by atoms with van der Waals surface area (Å²) in [5.74, 6) is -1.35. The van der Waals surface area contributed by atoms with Crippen molar-refractivity contribution < 1.29 is 22.4 Å². The fraction of sp³-hybridized carbons (Fsp3) is 0.0952. The zero-order chi connectivity index (χ0) is 22.2. The first-order valence-corrected chi connectivity index (χ1v) is 9.03. The summed E-state index contributed by atoms with van der Waals surface area (Å²) in [6.45, 7) is 0. The van der Waals surface area contributed by atoms with E-state index in [4.69, 9.17) is 0 Å². The first kappa shape index (κ1) is 20.3. The molecule has 0 spiro atoms. The normalized spacial score (nSPS) is 12.6. The number of fused-ring (bicyclic) bond motifs is 1. The number of nitrogens with one attached hydrogen (secondary N) is 3. The van der Waals surface area contributed by atoms with Crippen molar-refractivity contribution in [3.63, 3.8) is 0 Å². The van der Waals surface area contributed by atoms with Crippen molar-refractivity contribution in [1.29, 1.82) is 0 Å². The SMILES string of the molecule is O=C(NC(c1ccc(C(F)(F)F)cc1)c1ncccc1F)c1ccc2[nH]c(=O)[nH]c2c1. The number of alkyl halides is 3. The lowest BCUT2D eigenvalue weighted by Crippen LogP contribution is -2.30. The summed E-state index contributed by atoms with van der Waals surface area (Å²) in [5, 5.41) is 2.61. The average molecular weight is 430 g/mol. The van der Waals surface area contributed by atoms with Gasteiger partial charge in [-0.15, -0.1) is 0 Å². The third kappa shape index (κ3) is 4.18. The van der Waals surface area contributed by atoms with Gasteiger partial charge in [-0.25, -0.2) is 9.18 Å². The standard InChI is InChI=1S/C21H14F4N4O2/c22-14-2-1-9-26-18(14)17(11-3-6-13(7-4-11)21(23,24)25)29-19(30)12-5-8-15-16(10-12)28-20(31)27-15/h1-10,17H,(H,29,30)(H2,27,28,31). The number of nitrogens with zero attached hydrogens (tertiary/aromatic N) is 1. The van der Waals surface area contributed by atoms with E-state index < -0.39 is 35.2 Å². The Morgan fingerprint density at radius 2 is 1.71 bits per heavy atom. The molecule has 2 aromatic carbocycles. The third-order valence-electron chi connectivity index (χ3n) is 4.69. The van der Waals surface area contributed by atoms with Crippen LogP contribution in [0.5, 0.6) is 0 Å². The number of aromatic nitrogens is 3. The molecule has 1 unspecified atom stereocenters. The quantitative estimate of drug-likeness (QED) is 0.429. The van der Waals surface area contributed by atoms with Gasteiger partial charge in [-0.3, -0.25) is 9.78 Å². The summed E-state index contributed by atoms with van der Waals surface area (Å²) in [7, 11) is 0. The van der Waals surface area contributed by atoms with Crippen LogP contribution < -0.4 is 11.0 Å². The van der Waals surface area contributed by atoms with Gasteiger partial charge in [-0.05, 0) is 48.0 Å². The molecule has 0 fully saturated rings. The molecule has 0 aliphatic rings. The fourth-order valence-electron chi connectivity index (χ4n) is 3.17. The number of carbonyl (C=O) groups excluding carboxylic acids is 1. The van der Waals surface area contributed by atoms with E-state index in [0.29, 0.717) is 11.0 Å². The van der Waals surface area contributed by atoms with E-state index in [1.165, 1.54) is 30.5 Å². The van der Waals surface area contributed by atoms with Gasteiger partial charge in [0.1, 0.15) is 11.5 Å². The maximum atomic E-state index is 14.4. The summed E-state index contributed by atoms with van der Waals surface area (Å²) < 4.78 is 53.1. The largest absolute Gasteiger partial charge is 0.416 e. The van der Waals surface area contributed by atoms with Crippen LogP contribution in [0.15, 0.2) is 65.6 Å². The molecule has 1 amide bonds. The van der Waals surface area contributed by atoms with Gasteiger partial charge in [0, 0.05) is 11.8 Å². The van der Waals surface area contributed by atoms with Crippen LogP contribution in [-0.2, 0) is 6.18 Å². The predicted octanol–water partition coefficient (Wildman–Crippen LogP) is 3.93. The highest BCUT2D eigenvalue weighted by atomic mass is 19.4. The van der Waals surface area contributed by atoms with E-state index in [-0.39, 0.29) is 16.8 Å². The summed E-state index contributed by atoms with van der Waals surface area (Å²) in [6, 6.07) is 9.80. The number of hydrogen-bond acceptors (Lipinski definition) is 3. The first-order valence-electron chi connectivity index (χ1n) is 9.03. The van der Waals surface area contributed by atoms with Crippen LogP contribution in [0.4, 0.5) is 17.6 Å². The number of hydrogen-bond donors (Lipinski definition) is 3. The van der Waals surface area contributed by atoms with E-state index in [0.717, 1.165) is 30.3 Å². The van der Waals surface area contributed by atoms with E-state index in [2.05, 4.69) is 20.3 Å². The van der Waals surface area contributed by atoms with E-state index in [1.54, 1.807) is 0 Å². The molecule has 6 nitrogen and oxygen atoms in total. The lowest BCUT2D eigenvalue weighted by Gasteiger charge is -2.20. The zero-order valence-corrected chi connectivity index (χ0v) is 15.6. The second kappa shape index (κ2) is 7.71. The highest BCUT2D eigenvalue weighted by Gasteiger charge is 2.31. The van der Waals surface area contributed by atoms with Gasteiger partial charge < -0.3 is 15.3 Å². The Balaban J connectivity index is 1.71. The van der Waals surface area contributed by atoms with Crippen LogP contribution in [0, 0.1) is 5.82 Å². The topological polar surface area (TPSA) is 90.6 Å². The molecule has 2 heterocycles. The Kier molecular flexibility index (Phi) is 5.05. The van der Waals surface area contributed by atoms with E-state index in [1.807, 2.05) is 0 Å². The van der Waals surface area contributed by atoms with Crippen LogP contribution >= 0.6 is 0 Å². The van der Waals surface area contributed by atoms with Crippen LogP contribution in [-0.4, -0.2) is 20.9 Å². The number of halogens is 4. The van der Waals surface area contributed by atoms with Gasteiger partial charge in [0.05, 0.1) is 22.6 Å². The van der Waals surface area contributed by atoms with Crippen molar-refractivity contribution in [1.82, 2.24) is 20.3 Å². The monoisotopic (exact) mass is 430 g/mol. The minimum Gasteiger partial charge on any atom is -0.339 e. The Hall–Kier alpha value is -3.95. The van der Waals surface area contributed by atoms with Crippen LogP contribution in [0.3, 0.4) is 0 Å². The molecule has 0 saturated carbocycles. The minimum absolute atomic E-state index is 0.147. The zero-order valence-electron chi connectivity index (χ0n) is 15.6. The van der Waals surface area contributed by atoms with Crippen LogP contribution in [0.2, 0.25) is 0 Å². The molecule has 2 aromatic heterocycles. The molecule has 31 heavy (non-hydrogen) atoms. The minimum atomic E-state index is -4.53. The van der Waals surface area contributed by atoms with Crippen LogP contribution in [0.1, 0.15) is 33.2 Å². The average Bonchev–Trinajstić information content (AvgIpc) is 3.11. The van der Waals surface area contributed by atoms with Crippen molar-refractivity contribution in [3.8, 4) is 0 Å². The van der Waals surface area contributed by atoms with Gasteiger partial charge in [-0.1, -0.05) is 12.1 Å². The van der Waals surface area contributed by atoms with Gasteiger partial charge >= 0.3 is 11.9 Å². The number of carbonyl (C=O) groups is 1. The number of H-pyrrole nitrogens is 2. The maximum Gasteiger partial charge on any atom is 0.416 e. The number of rotatable bonds is 4. The maximum absolute atomic E-state index is 14.4. The van der Waals surface area contributed by atoms with Gasteiger partial charge in [-0.2, -0.15) is 13.2 Å². The highest BCUT2D eigenvalue weighted by molar-refractivity contribution is 5.97.